The highest BCUT2D eigenvalue weighted by Gasteiger charge is 2.30. The number of aromatic nitrogens is 2. The van der Waals surface area contributed by atoms with Crippen molar-refractivity contribution < 1.29 is 4.79 Å². The summed E-state index contributed by atoms with van der Waals surface area (Å²) >= 11 is 0. The Hall–Kier alpha value is -1.16. The van der Waals surface area contributed by atoms with E-state index in [9.17, 15) is 4.79 Å². The molecule has 2 N–H and O–H groups in total. The van der Waals surface area contributed by atoms with Crippen molar-refractivity contribution in [2.75, 3.05) is 0 Å². The molecule has 0 aliphatic rings. The highest BCUT2D eigenvalue weighted by molar-refractivity contribution is 6.01. The first-order valence-electron chi connectivity index (χ1n) is 5.38. The second-order valence-corrected chi connectivity index (χ2v) is 4.03. The van der Waals surface area contributed by atoms with Gasteiger partial charge in [0, 0.05) is 12.7 Å². The molecule has 1 atom stereocenters. The second kappa shape index (κ2) is 4.57. The van der Waals surface area contributed by atoms with Gasteiger partial charge in [0.05, 0.1) is 5.54 Å². The maximum atomic E-state index is 12.1. The summed E-state index contributed by atoms with van der Waals surface area (Å²) in [6.07, 6.45) is 3.23. The standard InChI is InChI=1S/C11H19N3O/c1-4-7-11(3,12)10(15)9-6-8-13-14(9)5-2/h6,8H,4-5,7,12H2,1-3H3. The van der Waals surface area contributed by atoms with Gasteiger partial charge in [-0.05, 0) is 26.3 Å². The van der Waals surface area contributed by atoms with Crippen LogP contribution in [0.1, 0.15) is 44.1 Å². The fraction of sp³-hybridized carbons (Fsp3) is 0.636. The van der Waals surface area contributed by atoms with Crippen LogP contribution in [0.15, 0.2) is 12.3 Å². The molecule has 0 saturated heterocycles. The molecule has 4 heteroatoms. The van der Waals surface area contributed by atoms with Crippen molar-refractivity contribution >= 4 is 5.78 Å². The van der Waals surface area contributed by atoms with Gasteiger partial charge < -0.3 is 5.73 Å². The normalized spacial score (nSPS) is 14.9. The zero-order valence-electron chi connectivity index (χ0n) is 9.66. The number of Topliss-reactive ketones (excluding diaryl/α,β-unsaturated/α-hetero) is 1. The Kier molecular flexibility index (Phi) is 3.63. The minimum atomic E-state index is -0.776. The van der Waals surface area contributed by atoms with Gasteiger partial charge in [0.1, 0.15) is 5.69 Å². The molecular weight excluding hydrogens is 190 g/mol. The third-order valence-corrected chi connectivity index (χ3v) is 2.54. The predicted molar refractivity (Wildman–Crippen MR) is 59.7 cm³/mol. The zero-order valence-corrected chi connectivity index (χ0v) is 9.66. The molecule has 0 amide bonds. The molecule has 15 heavy (non-hydrogen) atoms. The fourth-order valence-corrected chi connectivity index (χ4v) is 1.70. The van der Waals surface area contributed by atoms with Crippen molar-refractivity contribution in [2.45, 2.75) is 45.7 Å². The highest BCUT2D eigenvalue weighted by atomic mass is 16.1. The number of aryl methyl sites for hydroxylation is 1. The van der Waals surface area contributed by atoms with Gasteiger partial charge in [-0.25, -0.2) is 0 Å². The monoisotopic (exact) mass is 209 g/mol. The molecule has 1 rings (SSSR count). The van der Waals surface area contributed by atoms with Crippen LogP contribution in [0.4, 0.5) is 0 Å². The molecule has 0 radical (unpaired) electrons. The Morgan fingerprint density at radius 3 is 2.80 bits per heavy atom. The lowest BCUT2D eigenvalue weighted by atomic mass is 9.90. The van der Waals surface area contributed by atoms with Crippen LogP contribution in [0.3, 0.4) is 0 Å². The number of nitrogens with zero attached hydrogens (tertiary/aromatic N) is 2. The minimum Gasteiger partial charge on any atom is -0.319 e. The Bertz CT molecular complexity index is 341. The van der Waals surface area contributed by atoms with Gasteiger partial charge in [-0.3, -0.25) is 9.48 Å². The van der Waals surface area contributed by atoms with E-state index in [-0.39, 0.29) is 5.78 Å². The molecule has 0 bridgehead atoms. The molecule has 1 aromatic rings. The van der Waals surface area contributed by atoms with Crippen molar-refractivity contribution in [2.24, 2.45) is 5.73 Å². The van der Waals surface area contributed by atoms with E-state index >= 15 is 0 Å². The van der Waals surface area contributed by atoms with E-state index in [2.05, 4.69) is 5.10 Å². The van der Waals surface area contributed by atoms with E-state index in [0.29, 0.717) is 18.7 Å². The lowest BCUT2D eigenvalue weighted by molar-refractivity contribution is 0.0882. The largest absolute Gasteiger partial charge is 0.319 e. The van der Waals surface area contributed by atoms with Crippen LogP contribution in [0.25, 0.3) is 0 Å². The maximum absolute atomic E-state index is 12.1. The summed E-state index contributed by atoms with van der Waals surface area (Å²) in [6, 6.07) is 1.73. The average molecular weight is 209 g/mol. The van der Waals surface area contributed by atoms with Crippen LogP contribution in [0.5, 0.6) is 0 Å². The third-order valence-electron chi connectivity index (χ3n) is 2.54. The maximum Gasteiger partial charge on any atom is 0.200 e. The zero-order chi connectivity index (χ0) is 11.5. The Morgan fingerprint density at radius 1 is 1.60 bits per heavy atom. The summed E-state index contributed by atoms with van der Waals surface area (Å²) in [5.74, 6) is -0.0244. The summed E-state index contributed by atoms with van der Waals surface area (Å²) in [4.78, 5) is 12.1. The van der Waals surface area contributed by atoms with E-state index < -0.39 is 5.54 Å². The molecule has 1 unspecified atom stereocenters. The summed E-state index contributed by atoms with van der Waals surface area (Å²) in [5.41, 5.74) is 5.83. The lowest BCUT2D eigenvalue weighted by Crippen LogP contribution is -2.45. The number of hydrogen-bond acceptors (Lipinski definition) is 3. The molecule has 0 aliphatic heterocycles. The number of rotatable bonds is 5. The Labute approximate surface area is 90.5 Å². The summed E-state index contributed by atoms with van der Waals surface area (Å²) in [6.45, 7) is 6.45. The Morgan fingerprint density at radius 2 is 2.27 bits per heavy atom. The third kappa shape index (κ3) is 2.45. The number of ketones is 1. The van der Waals surface area contributed by atoms with E-state index in [1.165, 1.54) is 0 Å². The van der Waals surface area contributed by atoms with Gasteiger partial charge in [-0.1, -0.05) is 13.3 Å². The minimum absolute atomic E-state index is 0.0244. The van der Waals surface area contributed by atoms with Crippen LogP contribution in [0, 0.1) is 0 Å². The van der Waals surface area contributed by atoms with E-state index in [1.807, 2.05) is 13.8 Å². The SMILES string of the molecule is CCCC(C)(N)C(=O)c1ccnn1CC. The summed E-state index contributed by atoms with van der Waals surface area (Å²) < 4.78 is 1.68. The quantitative estimate of drug-likeness (QED) is 0.749. The van der Waals surface area contributed by atoms with Gasteiger partial charge >= 0.3 is 0 Å². The van der Waals surface area contributed by atoms with Crippen molar-refractivity contribution in [3.63, 3.8) is 0 Å². The van der Waals surface area contributed by atoms with Gasteiger partial charge in [-0.15, -0.1) is 0 Å². The van der Waals surface area contributed by atoms with Gasteiger partial charge in [-0.2, -0.15) is 5.10 Å². The lowest BCUT2D eigenvalue weighted by Gasteiger charge is -2.22. The van der Waals surface area contributed by atoms with Crippen molar-refractivity contribution in [1.82, 2.24) is 9.78 Å². The smallest absolute Gasteiger partial charge is 0.200 e. The van der Waals surface area contributed by atoms with Crippen molar-refractivity contribution in [3.05, 3.63) is 18.0 Å². The molecule has 0 spiro atoms. The van der Waals surface area contributed by atoms with Gasteiger partial charge in [0.15, 0.2) is 5.78 Å². The average Bonchev–Trinajstić information content (AvgIpc) is 2.63. The molecule has 1 aromatic heterocycles. The highest BCUT2D eigenvalue weighted by Crippen LogP contribution is 2.16. The van der Waals surface area contributed by atoms with Crippen LogP contribution >= 0.6 is 0 Å². The van der Waals surface area contributed by atoms with E-state index in [4.69, 9.17) is 5.73 Å². The Balaban J connectivity index is 2.93. The number of carbonyl (C=O) groups is 1. The molecule has 84 valence electrons. The summed E-state index contributed by atoms with van der Waals surface area (Å²) in [5, 5.41) is 4.07. The van der Waals surface area contributed by atoms with Crippen LogP contribution in [-0.4, -0.2) is 21.1 Å². The molecule has 0 fully saturated rings. The molecule has 4 nitrogen and oxygen atoms in total. The number of nitrogens with two attached hydrogens (primary N) is 1. The van der Waals surface area contributed by atoms with Crippen molar-refractivity contribution in [1.29, 1.82) is 0 Å². The first kappa shape index (κ1) is 11.9. The first-order valence-corrected chi connectivity index (χ1v) is 5.38. The molecule has 0 aromatic carbocycles. The molecule has 0 aliphatic carbocycles. The second-order valence-electron chi connectivity index (χ2n) is 4.03. The molecular formula is C11H19N3O. The topological polar surface area (TPSA) is 60.9 Å². The van der Waals surface area contributed by atoms with Crippen LogP contribution in [0.2, 0.25) is 0 Å². The first-order chi connectivity index (χ1) is 7.03. The van der Waals surface area contributed by atoms with Gasteiger partial charge in [0.2, 0.25) is 0 Å². The predicted octanol–water partition coefficient (Wildman–Crippen LogP) is 1.60. The number of carbonyl (C=O) groups excluding carboxylic acids is 1. The van der Waals surface area contributed by atoms with E-state index in [0.717, 1.165) is 6.42 Å². The fourth-order valence-electron chi connectivity index (χ4n) is 1.70. The van der Waals surface area contributed by atoms with Crippen LogP contribution < -0.4 is 5.73 Å². The summed E-state index contributed by atoms with van der Waals surface area (Å²) in [7, 11) is 0. The van der Waals surface area contributed by atoms with Gasteiger partial charge in [0.25, 0.3) is 0 Å². The van der Waals surface area contributed by atoms with Crippen LogP contribution in [-0.2, 0) is 6.54 Å². The van der Waals surface area contributed by atoms with E-state index in [1.54, 1.807) is 23.9 Å². The number of hydrogen-bond donors (Lipinski definition) is 1. The molecule has 0 saturated carbocycles. The molecule has 1 heterocycles. The van der Waals surface area contributed by atoms with Crippen molar-refractivity contribution in [3.8, 4) is 0 Å².